The summed E-state index contributed by atoms with van der Waals surface area (Å²) in [5.41, 5.74) is 3.31. The molecule has 0 spiro atoms. The molecule has 140 valence electrons. The van der Waals surface area contributed by atoms with E-state index < -0.39 is 0 Å². The summed E-state index contributed by atoms with van der Waals surface area (Å²) in [7, 11) is 0. The van der Waals surface area contributed by atoms with Gasteiger partial charge in [0.15, 0.2) is 6.54 Å². The molecule has 0 aromatic heterocycles. The molecule has 1 aromatic rings. The molecule has 4 fully saturated rings. The quantitative estimate of drug-likeness (QED) is 0.856. The maximum absolute atomic E-state index is 12.8. The lowest BCUT2D eigenvalue weighted by atomic mass is 9.48. The lowest BCUT2D eigenvalue weighted by Gasteiger charge is -2.59. The minimum absolute atomic E-state index is 0.266. The van der Waals surface area contributed by atoms with Crippen molar-refractivity contribution in [3.63, 3.8) is 0 Å². The van der Waals surface area contributed by atoms with E-state index in [0.29, 0.717) is 18.0 Å². The Bertz CT molecular complexity index is 662. The van der Waals surface area contributed by atoms with Gasteiger partial charge in [0.2, 0.25) is 0 Å². The number of hydrogen-bond donors (Lipinski definition) is 2. The van der Waals surface area contributed by atoms with Crippen LogP contribution in [-0.2, 0) is 17.8 Å². The van der Waals surface area contributed by atoms with Gasteiger partial charge in [0.25, 0.3) is 5.91 Å². The predicted molar refractivity (Wildman–Crippen MR) is 103 cm³/mol. The highest BCUT2D eigenvalue weighted by Crippen LogP contribution is 2.61. The topological polar surface area (TPSA) is 33.5 Å². The second-order valence-electron chi connectivity index (χ2n) is 9.94. The van der Waals surface area contributed by atoms with E-state index in [1.807, 2.05) is 0 Å². The Balaban J connectivity index is 1.20. The molecule has 2 atom stereocenters. The molecule has 0 saturated heterocycles. The lowest BCUT2D eigenvalue weighted by Crippen LogP contribution is -3.13. The number of carbonyl (C=O) groups is 1. The second kappa shape index (κ2) is 6.37. The summed E-state index contributed by atoms with van der Waals surface area (Å²) in [6, 6.07) is 9.06. The van der Waals surface area contributed by atoms with Gasteiger partial charge in [-0.25, -0.2) is 0 Å². The molecule has 0 radical (unpaired) electrons. The van der Waals surface area contributed by atoms with Crippen LogP contribution in [0.3, 0.4) is 0 Å². The average Bonchev–Trinajstić information content (AvgIpc) is 2.60. The Hall–Kier alpha value is -1.35. The van der Waals surface area contributed by atoms with E-state index in [9.17, 15) is 4.79 Å². The fourth-order valence-electron chi connectivity index (χ4n) is 7.17. The van der Waals surface area contributed by atoms with Gasteiger partial charge in [-0.15, -0.1) is 0 Å². The highest BCUT2D eigenvalue weighted by atomic mass is 16.2. The zero-order valence-electron chi connectivity index (χ0n) is 16.1. The Morgan fingerprint density at radius 2 is 1.73 bits per heavy atom. The molecule has 26 heavy (non-hydrogen) atoms. The molecule has 1 unspecified atom stereocenters. The van der Waals surface area contributed by atoms with Crippen LogP contribution in [0.25, 0.3) is 0 Å². The third-order valence-corrected chi connectivity index (χ3v) is 8.10. The van der Waals surface area contributed by atoms with E-state index in [4.69, 9.17) is 0 Å². The van der Waals surface area contributed by atoms with E-state index in [-0.39, 0.29) is 5.91 Å². The van der Waals surface area contributed by atoms with Gasteiger partial charge < -0.3 is 10.2 Å². The van der Waals surface area contributed by atoms with Crippen molar-refractivity contribution in [3.8, 4) is 0 Å². The van der Waals surface area contributed by atoms with E-state index >= 15 is 0 Å². The van der Waals surface area contributed by atoms with E-state index in [0.717, 1.165) is 37.3 Å². The Morgan fingerprint density at radius 1 is 1.12 bits per heavy atom. The first kappa shape index (κ1) is 16.8. The lowest BCUT2D eigenvalue weighted by molar-refractivity contribution is -0.908. The number of nitrogens with one attached hydrogen (secondary N) is 2. The van der Waals surface area contributed by atoms with Crippen LogP contribution >= 0.6 is 0 Å². The van der Waals surface area contributed by atoms with Crippen LogP contribution in [0, 0.1) is 23.2 Å². The molecular formula is C23H33N2O+. The van der Waals surface area contributed by atoms with E-state index in [2.05, 4.69) is 36.5 Å². The fourth-order valence-corrected chi connectivity index (χ4v) is 7.17. The van der Waals surface area contributed by atoms with Crippen molar-refractivity contribution in [1.82, 2.24) is 5.32 Å². The summed E-state index contributed by atoms with van der Waals surface area (Å²) >= 11 is 0. The molecule has 1 amide bonds. The summed E-state index contributed by atoms with van der Waals surface area (Å²) in [5, 5.41) is 3.45. The predicted octanol–water partition coefficient (Wildman–Crippen LogP) is 2.35. The van der Waals surface area contributed by atoms with Crippen molar-refractivity contribution in [2.24, 2.45) is 23.2 Å². The first-order valence-corrected chi connectivity index (χ1v) is 10.8. The molecule has 4 aliphatic carbocycles. The number of fused-ring (bicyclic) bond motifs is 1. The van der Waals surface area contributed by atoms with Crippen LogP contribution in [0.2, 0.25) is 0 Å². The van der Waals surface area contributed by atoms with Crippen molar-refractivity contribution >= 4 is 5.91 Å². The van der Waals surface area contributed by atoms with Gasteiger partial charge >= 0.3 is 0 Å². The molecular weight excluding hydrogens is 320 g/mol. The molecule has 5 aliphatic rings. The van der Waals surface area contributed by atoms with Crippen LogP contribution in [0.15, 0.2) is 24.3 Å². The molecule has 4 saturated carbocycles. The fraction of sp³-hybridized carbons (Fsp3) is 0.696. The first-order valence-electron chi connectivity index (χ1n) is 10.8. The van der Waals surface area contributed by atoms with Crippen molar-refractivity contribution in [2.45, 2.75) is 64.5 Å². The summed E-state index contributed by atoms with van der Waals surface area (Å²) in [6.07, 6.45) is 9.61. The second-order valence-corrected chi connectivity index (χ2v) is 9.94. The minimum atomic E-state index is 0.266. The minimum Gasteiger partial charge on any atom is -0.348 e. The zero-order chi connectivity index (χ0) is 17.7. The first-order chi connectivity index (χ1) is 12.6. The van der Waals surface area contributed by atoms with Crippen LogP contribution in [0.5, 0.6) is 0 Å². The highest BCUT2D eigenvalue weighted by Gasteiger charge is 2.53. The van der Waals surface area contributed by atoms with Crippen molar-refractivity contribution < 1.29 is 9.69 Å². The molecule has 1 heterocycles. The van der Waals surface area contributed by atoms with Gasteiger partial charge in [-0.3, -0.25) is 4.79 Å². The molecule has 2 N–H and O–H groups in total. The number of hydrogen-bond acceptors (Lipinski definition) is 1. The zero-order valence-corrected chi connectivity index (χ0v) is 16.1. The standard InChI is InChI=1S/C23H32N2O/c1-16(23-11-17-8-18(12-23)10-19(9-17)13-23)24-22(26)15-25-7-6-20-4-2-3-5-21(20)14-25/h2-5,16-19H,6-15H2,1H3,(H,24,26)/p+1/t16-,17?,18?,19?,23?/m1/s1. The summed E-state index contributed by atoms with van der Waals surface area (Å²) < 4.78 is 0. The van der Waals surface area contributed by atoms with E-state index in [1.54, 1.807) is 0 Å². The van der Waals surface area contributed by atoms with Gasteiger partial charge in [0.1, 0.15) is 6.54 Å². The van der Waals surface area contributed by atoms with Gasteiger partial charge in [-0.2, -0.15) is 0 Å². The average molecular weight is 354 g/mol. The smallest absolute Gasteiger partial charge is 0.275 e. The number of amides is 1. The molecule has 1 aromatic carbocycles. The summed E-state index contributed by atoms with van der Waals surface area (Å²) in [6.45, 7) is 5.00. The third kappa shape index (κ3) is 2.98. The van der Waals surface area contributed by atoms with E-state index in [1.165, 1.54) is 54.6 Å². The van der Waals surface area contributed by atoms with Crippen molar-refractivity contribution in [3.05, 3.63) is 35.4 Å². The largest absolute Gasteiger partial charge is 0.348 e. The van der Waals surface area contributed by atoms with Gasteiger partial charge in [-0.05, 0) is 74.2 Å². The summed E-state index contributed by atoms with van der Waals surface area (Å²) in [4.78, 5) is 14.2. The maximum Gasteiger partial charge on any atom is 0.275 e. The van der Waals surface area contributed by atoms with Crippen molar-refractivity contribution in [1.29, 1.82) is 0 Å². The molecule has 6 rings (SSSR count). The van der Waals surface area contributed by atoms with Crippen LogP contribution < -0.4 is 10.2 Å². The summed E-state index contributed by atoms with van der Waals surface area (Å²) in [5.74, 6) is 3.11. The number of rotatable bonds is 4. The van der Waals surface area contributed by atoms with Gasteiger partial charge in [0, 0.05) is 18.0 Å². The molecule has 1 aliphatic heterocycles. The third-order valence-electron chi connectivity index (χ3n) is 8.10. The Labute approximate surface area is 157 Å². The molecule has 4 bridgehead atoms. The van der Waals surface area contributed by atoms with Crippen molar-refractivity contribution in [2.75, 3.05) is 13.1 Å². The molecule has 3 heteroatoms. The van der Waals surface area contributed by atoms with Crippen LogP contribution in [0.4, 0.5) is 0 Å². The monoisotopic (exact) mass is 353 g/mol. The van der Waals surface area contributed by atoms with Gasteiger partial charge in [0.05, 0.1) is 6.54 Å². The number of quaternary nitrogens is 1. The maximum atomic E-state index is 12.8. The number of carbonyl (C=O) groups excluding carboxylic acids is 1. The van der Waals surface area contributed by atoms with Gasteiger partial charge in [-0.1, -0.05) is 24.3 Å². The Morgan fingerprint density at radius 3 is 2.38 bits per heavy atom. The normalized spacial score (nSPS) is 38.7. The number of benzene rings is 1. The van der Waals surface area contributed by atoms with Crippen LogP contribution in [0.1, 0.15) is 56.6 Å². The van der Waals surface area contributed by atoms with Crippen LogP contribution in [-0.4, -0.2) is 25.0 Å². The molecule has 3 nitrogen and oxygen atoms in total. The Kier molecular flexibility index (Phi) is 4.11. The SMILES string of the molecule is C[C@@H](NC(=O)C[NH+]1CCc2ccccc2C1)C12CC3CC(CC(C3)C1)C2. The highest BCUT2D eigenvalue weighted by molar-refractivity contribution is 5.77.